The molecule has 8 nitrogen and oxygen atoms in total. The molecule has 1 aromatic carbocycles. The molecule has 0 spiro atoms. The minimum atomic E-state index is -0.918. The van der Waals surface area contributed by atoms with Crippen LogP contribution in [-0.2, 0) is 4.79 Å². The highest BCUT2D eigenvalue weighted by atomic mass is 16.6. The molecule has 1 amide bonds. The Morgan fingerprint density at radius 1 is 1.24 bits per heavy atom. The molecule has 2 aliphatic rings. The number of carboxylic acid groups (broad SMARTS) is 1. The number of hydrogen-bond acceptors (Lipinski definition) is 5. The second-order valence-corrected chi connectivity index (χ2v) is 6.63. The molecule has 0 aromatic heterocycles. The highest BCUT2D eigenvalue weighted by molar-refractivity contribution is 5.96. The predicted molar refractivity (Wildman–Crippen MR) is 90.8 cm³/mol. The molecule has 1 aromatic rings. The third kappa shape index (κ3) is 3.16. The number of nitro benzene ring substituents is 1. The van der Waals surface area contributed by atoms with Gasteiger partial charge in [0.1, 0.15) is 5.69 Å². The van der Waals surface area contributed by atoms with Gasteiger partial charge in [-0.15, -0.1) is 0 Å². The van der Waals surface area contributed by atoms with Crippen LogP contribution in [0, 0.1) is 16.0 Å². The van der Waals surface area contributed by atoms with Crippen LogP contribution in [0.2, 0.25) is 0 Å². The maximum absolute atomic E-state index is 12.7. The molecule has 2 fully saturated rings. The molecule has 0 radical (unpaired) electrons. The summed E-state index contributed by atoms with van der Waals surface area (Å²) in [6.07, 6.45) is 2.40. The number of carbonyl (C=O) groups excluding carboxylic acids is 1. The van der Waals surface area contributed by atoms with Crippen molar-refractivity contribution in [1.82, 2.24) is 4.90 Å². The number of carbonyl (C=O) groups is 2. The zero-order chi connectivity index (χ0) is 18.1. The second-order valence-electron chi connectivity index (χ2n) is 6.63. The second kappa shape index (κ2) is 6.70. The van der Waals surface area contributed by atoms with Gasteiger partial charge in [0.25, 0.3) is 11.6 Å². The van der Waals surface area contributed by atoms with E-state index in [1.807, 2.05) is 4.90 Å². The molecule has 3 rings (SSSR count). The topological polar surface area (TPSA) is 104 Å². The maximum Gasteiger partial charge on any atom is 0.308 e. The molecule has 1 N–H and O–H groups in total. The van der Waals surface area contributed by atoms with E-state index < -0.39 is 22.9 Å². The number of benzene rings is 1. The Morgan fingerprint density at radius 2 is 1.92 bits per heavy atom. The van der Waals surface area contributed by atoms with Crippen LogP contribution in [0.15, 0.2) is 18.2 Å². The van der Waals surface area contributed by atoms with Crippen molar-refractivity contribution in [2.75, 3.05) is 24.5 Å². The minimum Gasteiger partial charge on any atom is -0.481 e. The summed E-state index contributed by atoms with van der Waals surface area (Å²) < 4.78 is 0. The molecule has 0 aliphatic carbocycles. The van der Waals surface area contributed by atoms with Gasteiger partial charge < -0.3 is 14.9 Å². The number of rotatable bonds is 4. The molecule has 2 aliphatic heterocycles. The number of nitrogens with zero attached hydrogens (tertiary/aromatic N) is 3. The van der Waals surface area contributed by atoms with Crippen molar-refractivity contribution in [3.63, 3.8) is 0 Å². The third-order valence-corrected chi connectivity index (χ3v) is 5.20. The summed E-state index contributed by atoms with van der Waals surface area (Å²) >= 11 is 0. The average molecular weight is 347 g/mol. The molecule has 25 heavy (non-hydrogen) atoms. The van der Waals surface area contributed by atoms with Crippen molar-refractivity contribution in [2.45, 2.75) is 32.2 Å². The van der Waals surface area contributed by atoms with Gasteiger partial charge in [0.05, 0.1) is 10.8 Å². The lowest BCUT2D eigenvalue weighted by molar-refractivity contribution is -0.384. The fourth-order valence-electron chi connectivity index (χ4n) is 3.75. The number of anilines is 1. The van der Waals surface area contributed by atoms with Crippen molar-refractivity contribution in [2.24, 2.45) is 5.92 Å². The summed E-state index contributed by atoms with van der Waals surface area (Å²) in [5, 5.41) is 20.7. The zero-order valence-corrected chi connectivity index (χ0v) is 14.1. The number of amides is 1. The molecule has 2 saturated heterocycles. The third-order valence-electron chi connectivity index (χ3n) is 5.20. The van der Waals surface area contributed by atoms with Gasteiger partial charge in [-0.1, -0.05) is 0 Å². The lowest BCUT2D eigenvalue weighted by Gasteiger charge is -2.24. The van der Waals surface area contributed by atoms with Gasteiger partial charge in [-0.25, -0.2) is 0 Å². The molecule has 2 atom stereocenters. The van der Waals surface area contributed by atoms with E-state index in [0.29, 0.717) is 18.7 Å². The first-order valence-electron chi connectivity index (χ1n) is 8.47. The van der Waals surface area contributed by atoms with Crippen LogP contribution in [0.25, 0.3) is 0 Å². The van der Waals surface area contributed by atoms with E-state index in [1.54, 1.807) is 19.1 Å². The van der Waals surface area contributed by atoms with Gasteiger partial charge in [-0.3, -0.25) is 19.7 Å². The van der Waals surface area contributed by atoms with Crippen molar-refractivity contribution in [3.8, 4) is 0 Å². The summed E-state index contributed by atoms with van der Waals surface area (Å²) in [6.45, 7) is 3.60. The van der Waals surface area contributed by atoms with E-state index in [-0.39, 0.29) is 17.2 Å². The Hall–Kier alpha value is -2.64. The summed E-state index contributed by atoms with van der Waals surface area (Å²) in [4.78, 5) is 38.4. The van der Waals surface area contributed by atoms with E-state index in [0.717, 1.165) is 25.9 Å². The number of hydrogen-bond donors (Lipinski definition) is 1. The van der Waals surface area contributed by atoms with Crippen molar-refractivity contribution in [3.05, 3.63) is 33.9 Å². The quantitative estimate of drug-likeness (QED) is 0.661. The largest absolute Gasteiger partial charge is 0.481 e. The summed E-state index contributed by atoms with van der Waals surface area (Å²) in [5.41, 5.74) is 0.693. The Balaban J connectivity index is 1.87. The van der Waals surface area contributed by atoms with E-state index in [1.165, 1.54) is 11.0 Å². The van der Waals surface area contributed by atoms with Crippen LogP contribution in [0.5, 0.6) is 0 Å². The van der Waals surface area contributed by atoms with Crippen LogP contribution in [0.4, 0.5) is 11.4 Å². The Bertz CT molecular complexity index is 714. The van der Waals surface area contributed by atoms with Crippen LogP contribution in [0.1, 0.15) is 36.5 Å². The van der Waals surface area contributed by atoms with Gasteiger partial charge in [-0.05, 0) is 38.3 Å². The Labute approximate surface area is 145 Å². The van der Waals surface area contributed by atoms with Crippen LogP contribution in [0.3, 0.4) is 0 Å². The maximum atomic E-state index is 12.7. The SMILES string of the molecule is CC1C(C(=O)O)CCN1C(=O)c1ccc(N2CCCC2)c([N+](=O)[O-])c1. The van der Waals surface area contributed by atoms with Crippen LogP contribution in [-0.4, -0.2) is 52.5 Å². The Kier molecular flexibility index (Phi) is 4.61. The smallest absolute Gasteiger partial charge is 0.308 e. The lowest BCUT2D eigenvalue weighted by atomic mass is 10.0. The molecule has 0 saturated carbocycles. The number of carboxylic acids is 1. The number of likely N-dealkylation sites (tertiary alicyclic amines) is 1. The molecule has 2 heterocycles. The highest BCUT2D eigenvalue weighted by Crippen LogP contribution is 2.33. The highest BCUT2D eigenvalue weighted by Gasteiger charge is 2.38. The van der Waals surface area contributed by atoms with Crippen LogP contribution >= 0.6 is 0 Å². The van der Waals surface area contributed by atoms with Crippen molar-refractivity contribution in [1.29, 1.82) is 0 Å². The fourth-order valence-corrected chi connectivity index (χ4v) is 3.75. The fraction of sp³-hybridized carbons (Fsp3) is 0.529. The first-order valence-corrected chi connectivity index (χ1v) is 8.47. The minimum absolute atomic E-state index is 0.0746. The number of aliphatic carboxylic acids is 1. The molecule has 0 bridgehead atoms. The number of nitro groups is 1. The van der Waals surface area contributed by atoms with E-state index in [2.05, 4.69) is 0 Å². The first kappa shape index (κ1) is 17.2. The molecule has 2 unspecified atom stereocenters. The van der Waals surface area contributed by atoms with Gasteiger partial charge in [0.2, 0.25) is 0 Å². The molecule has 134 valence electrons. The monoisotopic (exact) mass is 347 g/mol. The average Bonchev–Trinajstić information content (AvgIpc) is 3.23. The van der Waals surface area contributed by atoms with Gasteiger partial charge in [0, 0.05) is 37.3 Å². The summed E-state index contributed by atoms with van der Waals surface area (Å²) in [7, 11) is 0. The standard InChI is InChI=1S/C17H21N3O5/c1-11-13(17(22)23)6-9-19(11)16(21)12-4-5-14(15(10-12)20(24)25)18-7-2-3-8-18/h4-5,10-11,13H,2-3,6-9H2,1H3,(H,22,23). The molecular weight excluding hydrogens is 326 g/mol. The molecule has 8 heteroatoms. The lowest BCUT2D eigenvalue weighted by Crippen LogP contribution is -2.37. The van der Waals surface area contributed by atoms with Crippen molar-refractivity contribution < 1.29 is 19.6 Å². The zero-order valence-electron chi connectivity index (χ0n) is 14.1. The summed E-state index contributed by atoms with van der Waals surface area (Å²) in [6, 6.07) is 4.12. The van der Waals surface area contributed by atoms with Gasteiger partial charge in [0.15, 0.2) is 0 Å². The van der Waals surface area contributed by atoms with E-state index >= 15 is 0 Å². The summed E-state index contributed by atoms with van der Waals surface area (Å²) in [5.74, 6) is -1.87. The molecular formula is C17H21N3O5. The van der Waals surface area contributed by atoms with E-state index in [4.69, 9.17) is 0 Å². The van der Waals surface area contributed by atoms with Gasteiger partial charge in [-0.2, -0.15) is 0 Å². The first-order chi connectivity index (χ1) is 11.9. The van der Waals surface area contributed by atoms with Crippen LogP contribution < -0.4 is 4.90 Å². The van der Waals surface area contributed by atoms with Gasteiger partial charge >= 0.3 is 5.97 Å². The normalized spacial score (nSPS) is 23.1. The van der Waals surface area contributed by atoms with Crippen molar-refractivity contribution >= 4 is 23.3 Å². The predicted octanol–water partition coefficient (Wildman–Crippen LogP) is 2.13. The Morgan fingerprint density at radius 3 is 2.48 bits per heavy atom. The van der Waals surface area contributed by atoms with E-state index in [9.17, 15) is 24.8 Å².